The fraction of sp³-hybridized carbons (Fsp3) is 0.583. The number of likely N-dealkylation sites (tertiary alicyclic amines) is 1. The molecule has 2 saturated heterocycles. The summed E-state index contributed by atoms with van der Waals surface area (Å²) < 4.78 is 5.55. The molecule has 2 unspecified atom stereocenters. The maximum absolute atomic E-state index is 13.0. The molecule has 0 saturated carbocycles. The van der Waals surface area contributed by atoms with Gasteiger partial charge in [0.05, 0.1) is 13.2 Å². The second-order valence-corrected chi connectivity index (χ2v) is 9.18. The van der Waals surface area contributed by atoms with Crippen molar-refractivity contribution in [2.75, 3.05) is 52.4 Å². The first kappa shape index (κ1) is 21.7. The highest BCUT2D eigenvalue weighted by molar-refractivity contribution is 5.98. The molecule has 4 rings (SSSR count). The first-order valence-electron chi connectivity index (χ1n) is 11.5. The number of aromatic nitrogens is 1. The maximum atomic E-state index is 13.0. The predicted molar refractivity (Wildman–Crippen MR) is 121 cm³/mol. The Labute approximate surface area is 184 Å². The van der Waals surface area contributed by atoms with Gasteiger partial charge in [-0.05, 0) is 43.4 Å². The van der Waals surface area contributed by atoms with E-state index in [2.05, 4.69) is 23.7 Å². The number of hydrogen-bond donors (Lipinski definition) is 1. The van der Waals surface area contributed by atoms with Crippen LogP contribution in [0.2, 0.25) is 0 Å². The van der Waals surface area contributed by atoms with E-state index < -0.39 is 0 Å². The van der Waals surface area contributed by atoms with Gasteiger partial charge in [-0.1, -0.05) is 13.8 Å². The van der Waals surface area contributed by atoms with Gasteiger partial charge in [-0.3, -0.25) is 14.5 Å². The van der Waals surface area contributed by atoms with Gasteiger partial charge in [0.2, 0.25) is 5.91 Å². The summed E-state index contributed by atoms with van der Waals surface area (Å²) in [5, 5.41) is 1.00. The van der Waals surface area contributed by atoms with Crippen molar-refractivity contribution >= 4 is 22.7 Å². The maximum Gasteiger partial charge on any atom is 0.270 e. The number of amides is 2. The van der Waals surface area contributed by atoms with Crippen molar-refractivity contribution in [3.05, 3.63) is 30.0 Å². The van der Waals surface area contributed by atoms with Crippen LogP contribution in [0, 0.1) is 11.8 Å². The molecule has 1 N–H and O–H groups in total. The van der Waals surface area contributed by atoms with Crippen molar-refractivity contribution in [3.8, 4) is 5.75 Å². The molecule has 2 aliphatic rings. The quantitative estimate of drug-likeness (QED) is 0.798. The van der Waals surface area contributed by atoms with Gasteiger partial charge in [-0.25, -0.2) is 0 Å². The van der Waals surface area contributed by atoms with E-state index in [4.69, 9.17) is 4.74 Å². The monoisotopic (exact) mass is 426 g/mol. The van der Waals surface area contributed by atoms with Gasteiger partial charge < -0.3 is 19.5 Å². The number of hydrogen-bond acceptors (Lipinski definition) is 4. The van der Waals surface area contributed by atoms with Crippen LogP contribution in [0.25, 0.3) is 10.9 Å². The molecule has 2 atom stereocenters. The van der Waals surface area contributed by atoms with Gasteiger partial charge in [0.1, 0.15) is 11.4 Å². The first-order chi connectivity index (χ1) is 14.9. The molecule has 2 aliphatic heterocycles. The number of carbonyl (C=O) groups excluding carboxylic acids is 2. The van der Waals surface area contributed by atoms with Crippen molar-refractivity contribution in [3.63, 3.8) is 0 Å². The van der Waals surface area contributed by atoms with Crippen molar-refractivity contribution in [1.82, 2.24) is 19.7 Å². The molecule has 0 aliphatic carbocycles. The number of ether oxygens (including phenoxy) is 1. The van der Waals surface area contributed by atoms with Crippen molar-refractivity contribution < 1.29 is 14.3 Å². The third-order valence-electron chi connectivity index (χ3n) is 6.38. The van der Waals surface area contributed by atoms with E-state index in [-0.39, 0.29) is 11.8 Å². The lowest BCUT2D eigenvalue weighted by atomic mass is 9.92. The molecule has 7 heteroatoms. The minimum Gasteiger partial charge on any atom is -0.494 e. The largest absolute Gasteiger partial charge is 0.494 e. The third kappa shape index (κ3) is 5.03. The summed E-state index contributed by atoms with van der Waals surface area (Å²) in [7, 11) is 0. The van der Waals surface area contributed by atoms with Gasteiger partial charge in [0.15, 0.2) is 0 Å². The highest BCUT2D eigenvalue weighted by atomic mass is 16.5. The number of nitrogens with zero attached hydrogens (tertiary/aromatic N) is 3. The van der Waals surface area contributed by atoms with Crippen LogP contribution >= 0.6 is 0 Å². The van der Waals surface area contributed by atoms with Crippen LogP contribution in [0.3, 0.4) is 0 Å². The molecule has 1 aromatic carbocycles. The molecule has 2 aromatic rings. The summed E-state index contributed by atoms with van der Waals surface area (Å²) in [5.41, 5.74) is 1.51. The number of nitrogens with one attached hydrogen (secondary N) is 1. The SMILES string of the molecule is CCOc1ccc2cc(C(=O)N3CCN(CC(=O)N4CC(C)CC(C)C4)CC3)[nH]c2c1. The standard InChI is InChI=1S/C24H34N4O3/c1-4-31-20-6-5-19-12-22(25-21(19)13-20)24(30)27-9-7-26(8-10-27)16-23(29)28-14-17(2)11-18(3)15-28/h5-6,12-13,17-18,25H,4,7-11,14-16H2,1-3H3. The highest BCUT2D eigenvalue weighted by Crippen LogP contribution is 2.23. The van der Waals surface area contributed by atoms with Crippen LogP contribution in [0.1, 0.15) is 37.7 Å². The second-order valence-electron chi connectivity index (χ2n) is 9.18. The smallest absolute Gasteiger partial charge is 0.270 e. The number of aromatic amines is 1. The number of benzene rings is 1. The van der Waals surface area contributed by atoms with Crippen LogP contribution in [0.15, 0.2) is 24.3 Å². The van der Waals surface area contributed by atoms with Gasteiger partial charge >= 0.3 is 0 Å². The summed E-state index contributed by atoms with van der Waals surface area (Å²) in [5.74, 6) is 2.18. The number of carbonyl (C=O) groups is 2. The van der Waals surface area contributed by atoms with E-state index in [0.29, 0.717) is 43.8 Å². The molecular weight excluding hydrogens is 392 g/mol. The molecule has 2 amide bonds. The molecule has 7 nitrogen and oxygen atoms in total. The van der Waals surface area contributed by atoms with Crippen LogP contribution in [0.4, 0.5) is 0 Å². The zero-order valence-corrected chi connectivity index (χ0v) is 18.9. The molecule has 0 spiro atoms. The van der Waals surface area contributed by atoms with E-state index in [9.17, 15) is 9.59 Å². The van der Waals surface area contributed by atoms with Gasteiger partial charge in [0, 0.05) is 56.2 Å². The normalized spacial score (nSPS) is 22.7. The first-order valence-corrected chi connectivity index (χ1v) is 11.5. The number of piperazine rings is 1. The van der Waals surface area contributed by atoms with Crippen molar-refractivity contribution in [1.29, 1.82) is 0 Å². The van der Waals surface area contributed by atoms with E-state index >= 15 is 0 Å². The van der Waals surface area contributed by atoms with E-state index in [1.54, 1.807) is 0 Å². The Morgan fingerprint density at radius 3 is 2.42 bits per heavy atom. The number of fused-ring (bicyclic) bond motifs is 1. The molecule has 1 aromatic heterocycles. The Morgan fingerprint density at radius 1 is 1.03 bits per heavy atom. The number of piperidine rings is 1. The Morgan fingerprint density at radius 2 is 1.74 bits per heavy atom. The summed E-state index contributed by atoms with van der Waals surface area (Å²) in [6.45, 7) is 11.9. The van der Waals surface area contributed by atoms with E-state index in [0.717, 1.165) is 42.8 Å². The lowest BCUT2D eigenvalue weighted by molar-refractivity contribution is -0.135. The zero-order valence-electron chi connectivity index (χ0n) is 18.9. The van der Waals surface area contributed by atoms with Gasteiger partial charge in [-0.15, -0.1) is 0 Å². The molecule has 2 fully saturated rings. The Bertz CT molecular complexity index is 922. The second kappa shape index (κ2) is 9.30. The fourth-order valence-corrected chi connectivity index (χ4v) is 4.92. The molecule has 0 bridgehead atoms. The van der Waals surface area contributed by atoms with Gasteiger partial charge in [-0.2, -0.15) is 0 Å². The predicted octanol–water partition coefficient (Wildman–Crippen LogP) is 2.83. The van der Waals surface area contributed by atoms with Crippen LogP contribution in [0.5, 0.6) is 5.75 Å². The highest BCUT2D eigenvalue weighted by Gasteiger charge is 2.28. The van der Waals surface area contributed by atoms with E-state index in [1.807, 2.05) is 41.0 Å². The summed E-state index contributed by atoms with van der Waals surface area (Å²) in [6.07, 6.45) is 1.20. The average Bonchev–Trinajstić information content (AvgIpc) is 3.17. The number of rotatable bonds is 5. The Balaban J connectivity index is 1.31. The minimum absolute atomic E-state index is 0.0128. The molecule has 168 valence electrons. The van der Waals surface area contributed by atoms with Gasteiger partial charge in [0.25, 0.3) is 5.91 Å². The van der Waals surface area contributed by atoms with Crippen LogP contribution < -0.4 is 4.74 Å². The lowest BCUT2D eigenvalue weighted by Crippen LogP contribution is -2.53. The van der Waals surface area contributed by atoms with Crippen molar-refractivity contribution in [2.45, 2.75) is 27.2 Å². The average molecular weight is 427 g/mol. The van der Waals surface area contributed by atoms with Crippen LogP contribution in [-0.2, 0) is 4.79 Å². The van der Waals surface area contributed by atoms with E-state index in [1.165, 1.54) is 6.42 Å². The molecule has 0 radical (unpaired) electrons. The molecule has 31 heavy (non-hydrogen) atoms. The third-order valence-corrected chi connectivity index (χ3v) is 6.38. The zero-order chi connectivity index (χ0) is 22.0. The Hall–Kier alpha value is -2.54. The molecule has 3 heterocycles. The fourth-order valence-electron chi connectivity index (χ4n) is 4.92. The molecular formula is C24H34N4O3. The van der Waals surface area contributed by atoms with Crippen LogP contribution in [-0.4, -0.2) is 83.9 Å². The summed E-state index contributed by atoms with van der Waals surface area (Å²) in [6, 6.07) is 7.73. The summed E-state index contributed by atoms with van der Waals surface area (Å²) in [4.78, 5) is 35.1. The number of H-pyrrole nitrogens is 1. The lowest BCUT2D eigenvalue weighted by Gasteiger charge is -2.38. The Kier molecular flexibility index (Phi) is 6.51. The topological polar surface area (TPSA) is 68.9 Å². The van der Waals surface area contributed by atoms with Crippen molar-refractivity contribution in [2.24, 2.45) is 11.8 Å². The minimum atomic E-state index is 0.0128. The summed E-state index contributed by atoms with van der Waals surface area (Å²) >= 11 is 0.